The van der Waals surface area contributed by atoms with Crippen LogP contribution in [0.1, 0.15) is 0 Å². The highest BCUT2D eigenvalue weighted by Gasteiger charge is 2.18. The summed E-state index contributed by atoms with van der Waals surface area (Å²) in [5.41, 5.74) is 14.9. The number of aromatic nitrogens is 3. The number of hydrogen-bond donors (Lipinski definition) is 0. The van der Waals surface area contributed by atoms with Gasteiger partial charge in [0.05, 0.1) is 27.3 Å². The van der Waals surface area contributed by atoms with Crippen molar-refractivity contribution in [2.75, 3.05) is 0 Å². The molecule has 12 rings (SSSR count). The van der Waals surface area contributed by atoms with Crippen molar-refractivity contribution in [1.29, 1.82) is 0 Å². The standard InChI is InChI=1S/C59H37N3S/c1-3-11-38(12-4-1)40-19-27-45(28-20-40)52-37-53(61-59(60-52)48-33-25-41(26-34-48)39-13-5-2-6-14-39)46-29-21-42(22-30-46)43-23-31-47(32-24-43)56-58-55(50-17-9-10-18-54(50)63-58)51-36-35-44-15-7-8-16-49(44)57(51)62-56/h1-37H. The highest BCUT2D eigenvalue weighted by molar-refractivity contribution is 7.26. The molecule has 0 aliphatic rings. The van der Waals surface area contributed by atoms with Crippen molar-refractivity contribution in [3.8, 4) is 78.5 Å². The highest BCUT2D eigenvalue weighted by atomic mass is 32.1. The number of nitrogens with zero attached hydrogens (tertiary/aromatic N) is 3. The summed E-state index contributed by atoms with van der Waals surface area (Å²) in [6.07, 6.45) is 0. The van der Waals surface area contributed by atoms with E-state index in [0.717, 1.165) is 61.5 Å². The molecule has 4 heteroatoms. The Morgan fingerprint density at radius 2 is 0.746 bits per heavy atom. The van der Waals surface area contributed by atoms with Crippen molar-refractivity contribution in [2.45, 2.75) is 0 Å². The molecule has 0 unspecified atom stereocenters. The first-order valence-electron chi connectivity index (χ1n) is 21.2. The zero-order valence-electron chi connectivity index (χ0n) is 34.1. The molecule has 0 amide bonds. The van der Waals surface area contributed by atoms with E-state index in [2.05, 4.69) is 212 Å². The van der Waals surface area contributed by atoms with E-state index in [0.29, 0.717) is 5.82 Å². The summed E-state index contributed by atoms with van der Waals surface area (Å²) in [6, 6.07) is 79.6. The van der Waals surface area contributed by atoms with Crippen molar-refractivity contribution in [2.24, 2.45) is 0 Å². The fourth-order valence-corrected chi connectivity index (χ4v) is 10.1. The summed E-state index contributed by atoms with van der Waals surface area (Å²) in [6.45, 7) is 0. The lowest BCUT2D eigenvalue weighted by Gasteiger charge is -2.12. The molecule has 63 heavy (non-hydrogen) atoms. The molecular formula is C59H37N3S. The predicted molar refractivity (Wildman–Crippen MR) is 266 cm³/mol. The van der Waals surface area contributed by atoms with Crippen molar-refractivity contribution in [1.82, 2.24) is 15.0 Å². The summed E-state index contributed by atoms with van der Waals surface area (Å²) < 4.78 is 2.50. The van der Waals surface area contributed by atoms with Crippen LogP contribution in [0.4, 0.5) is 0 Å². The minimum Gasteiger partial charge on any atom is -0.246 e. The van der Waals surface area contributed by atoms with Gasteiger partial charge in [0.1, 0.15) is 0 Å². The Kier molecular flexibility index (Phi) is 9.02. The third-order valence-electron chi connectivity index (χ3n) is 12.1. The smallest absolute Gasteiger partial charge is 0.160 e. The average Bonchev–Trinajstić information content (AvgIpc) is 3.77. The minimum absolute atomic E-state index is 0.692. The summed E-state index contributed by atoms with van der Waals surface area (Å²) in [5.74, 6) is 0.692. The first-order chi connectivity index (χ1) is 31.2. The van der Waals surface area contributed by atoms with Gasteiger partial charge in [-0.1, -0.05) is 212 Å². The van der Waals surface area contributed by atoms with Crippen molar-refractivity contribution >= 4 is 53.2 Å². The Morgan fingerprint density at radius 3 is 1.32 bits per heavy atom. The second kappa shape index (κ2) is 15.4. The molecule has 3 heterocycles. The Hall–Kier alpha value is -8.05. The van der Waals surface area contributed by atoms with Gasteiger partial charge in [-0.25, -0.2) is 15.0 Å². The van der Waals surface area contributed by atoms with E-state index in [1.54, 1.807) is 0 Å². The molecule has 3 nitrogen and oxygen atoms in total. The van der Waals surface area contributed by atoms with Crippen LogP contribution in [0, 0.1) is 0 Å². The van der Waals surface area contributed by atoms with Gasteiger partial charge >= 0.3 is 0 Å². The van der Waals surface area contributed by atoms with E-state index < -0.39 is 0 Å². The average molecular weight is 820 g/mol. The topological polar surface area (TPSA) is 38.7 Å². The maximum Gasteiger partial charge on any atom is 0.160 e. The number of fused-ring (bicyclic) bond motifs is 7. The Balaban J connectivity index is 0.901. The van der Waals surface area contributed by atoms with Crippen LogP contribution >= 0.6 is 11.3 Å². The van der Waals surface area contributed by atoms with Crippen LogP contribution in [0.15, 0.2) is 224 Å². The van der Waals surface area contributed by atoms with E-state index in [4.69, 9.17) is 15.0 Å². The first-order valence-corrected chi connectivity index (χ1v) is 22.1. The summed E-state index contributed by atoms with van der Waals surface area (Å²) >= 11 is 1.83. The first kappa shape index (κ1) is 36.8. The molecule has 294 valence electrons. The van der Waals surface area contributed by atoms with Crippen molar-refractivity contribution < 1.29 is 0 Å². The van der Waals surface area contributed by atoms with Gasteiger partial charge < -0.3 is 0 Å². The monoisotopic (exact) mass is 819 g/mol. The summed E-state index contributed by atoms with van der Waals surface area (Å²) in [7, 11) is 0. The highest BCUT2D eigenvalue weighted by Crippen LogP contribution is 2.44. The van der Waals surface area contributed by atoms with Gasteiger partial charge in [-0.15, -0.1) is 11.3 Å². The number of thiophene rings is 1. The van der Waals surface area contributed by atoms with Crippen LogP contribution in [0.25, 0.3) is 120 Å². The fraction of sp³-hybridized carbons (Fsp3) is 0. The van der Waals surface area contributed by atoms with Gasteiger partial charge in [0.25, 0.3) is 0 Å². The van der Waals surface area contributed by atoms with Crippen LogP contribution in [-0.4, -0.2) is 15.0 Å². The van der Waals surface area contributed by atoms with E-state index in [-0.39, 0.29) is 0 Å². The Morgan fingerprint density at radius 1 is 0.302 bits per heavy atom. The van der Waals surface area contributed by atoms with E-state index >= 15 is 0 Å². The van der Waals surface area contributed by atoms with Gasteiger partial charge in [0, 0.05) is 48.5 Å². The third kappa shape index (κ3) is 6.74. The zero-order chi connectivity index (χ0) is 41.7. The maximum absolute atomic E-state index is 5.44. The molecule has 0 N–H and O–H groups in total. The van der Waals surface area contributed by atoms with E-state index in [9.17, 15) is 0 Å². The second-order valence-corrected chi connectivity index (χ2v) is 17.0. The summed E-state index contributed by atoms with van der Waals surface area (Å²) in [5, 5.41) is 6.14. The minimum atomic E-state index is 0.692. The molecule has 0 bridgehead atoms. The molecule has 0 fully saturated rings. The molecule has 0 aliphatic heterocycles. The van der Waals surface area contributed by atoms with Crippen LogP contribution < -0.4 is 0 Å². The van der Waals surface area contributed by atoms with Gasteiger partial charge in [-0.05, 0) is 50.9 Å². The van der Waals surface area contributed by atoms with Gasteiger partial charge in [0.15, 0.2) is 5.82 Å². The molecule has 9 aromatic carbocycles. The van der Waals surface area contributed by atoms with E-state index in [1.807, 2.05) is 23.5 Å². The second-order valence-electron chi connectivity index (χ2n) is 15.9. The molecule has 0 atom stereocenters. The lowest BCUT2D eigenvalue weighted by Crippen LogP contribution is -1.96. The Labute approximate surface area is 369 Å². The maximum atomic E-state index is 5.44. The fourth-order valence-electron chi connectivity index (χ4n) is 8.85. The molecule has 0 spiro atoms. The third-order valence-corrected chi connectivity index (χ3v) is 13.3. The zero-order valence-corrected chi connectivity index (χ0v) is 34.9. The van der Waals surface area contributed by atoms with Crippen LogP contribution in [0.3, 0.4) is 0 Å². The van der Waals surface area contributed by atoms with Crippen LogP contribution in [0.2, 0.25) is 0 Å². The molecule has 0 saturated carbocycles. The molecule has 12 aromatic rings. The van der Waals surface area contributed by atoms with Gasteiger partial charge in [-0.2, -0.15) is 0 Å². The van der Waals surface area contributed by atoms with Gasteiger partial charge in [0.2, 0.25) is 0 Å². The van der Waals surface area contributed by atoms with Crippen molar-refractivity contribution in [3.63, 3.8) is 0 Å². The van der Waals surface area contributed by atoms with E-state index in [1.165, 1.54) is 53.0 Å². The lowest BCUT2D eigenvalue weighted by molar-refractivity contribution is 1.18. The molecule has 0 aliphatic carbocycles. The number of benzene rings is 9. The predicted octanol–water partition coefficient (Wildman–Crippen LogP) is 16.2. The molecule has 3 aromatic heterocycles. The molecule has 0 radical (unpaired) electrons. The quantitative estimate of drug-likeness (QED) is 0.150. The Bertz CT molecular complexity index is 3520. The molecular weight excluding hydrogens is 783 g/mol. The lowest BCUT2D eigenvalue weighted by atomic mass is 9.98. The number of pyridine rings is 1. The van der Waals surface area contributed by atoms with Crippen LogP contribution in [-0.2, 0) is 0 Å². The number of rotatable bonds is 7. The van der Waals surface area contributed by atoms with Crippen LogP contribution in [0.5, 0.6) is 0 Å². The van der Waals surface area contributed by atoms with Crippen molar-refractivity contribution in [3.05, 3.63) is 224 Å². The normalized spacial score (nSPS) is 11.5. The largest absolute Gasteiger partial charge is 0.246 e. The molecule has 0 saturated heterocycles. The van der Waals surface area contributed by atoms with Gasteiger partial charge in [-0.3, -0.25) is 0 Å². The SMILES string of the molecule is c1ccc(-c2ccc(-c3cc(-c4ccc(-c5ccc(-c6nc7c8ccccc8ccc7c7c6sc6ccccc67)cc5)cc4)nc(-c4ccc(-c5ccccc5)cc4)n3)cc2)cc1. The summed E-state index contributed by atoms with van der Waals surface area (Å²) in [4.78, 5) is 15.8. The number of hydrogen-bond acceptors (Lipinski definition) is 4.